The van der Waals surface area contributed by atoms with Crippen molar-refractivity contribution in [2.75, 3.05) is 19.8 Å². The van der Waals surface area contributed by atoms with Gasteiger partial charge in [0, 0.05) is 12.8 Å². The van der Waals surface area contributed by atoms with Crippen LogP contribution >= 0.6 is 7.82 Å². The van der Waals surface area contributed by atoms with Crippen LogP contribution in [0.2, 0.25) is 0 Å². The Hall–Kier alpha value is -1.78. The summed E-state index contributed by atoms with van der Waals surface area (Å²) in [5.74, 6) is -2.52. The number of ether oxygens (including phenoxy) is 2. The number of phosphoric acid groups is 1. The van der Waals surface area contributed by atoms with E-state index in [0.717, 1.165) is 57.8 Å². The number of hydrogen-bond acceptors (Lipinski definition) is 9. The average Bonchev–Trinajstić information content (AvgIpc) is 3.12. The molecule has 0 radical (unpaired) electrons. The maximum atomic E-state index is 12.6. The fraction of sp³-hybridized carbons (Fsp3) is 0.875. The van der Waals surface area contributed by atoms with E-state index < -0.39 is 51.1 Å². The van der Waals surface area contributed by atoms with Crippen LogP contribution in [0.5, 0.6) is 0 Å². The number of carbonyl (C=O) groups is 3. The molecule has 0 aliphatic rings. The van der Waals surface area contributed by atoms with Gasteiger partial charge < -0.3 is 30.0 Å². The number of carboxylic acid groups (broad SMARTS) is 1. The maximum absolute atomic E-state index is 12.6. The largest absolute Gasteiger partial charge is 0.544 e. The standard InChI is InChI=1S/C40H76NO10P/c1-3-5-7-9-11-13-15-17-18-20-22-24-26-28-30-32-39(43)51-36(34-49-52(46,47)50-35-37(41)40(44)45)33-48-38(42)31-29-27-25-23-21-19-16-14-12-10-8-6-4-2/h17-18,36-37H,3-16,19-35,41H2,1-2H3,(H,44,45)(H,46,47)/b18-17-/t36-,37+/m1/s1. The van der Waals surface area contributed by atoms with Gasteiger partial charge >= 0.3 is 19.8 Å². The molecule has 0 bridgehead atoms. The summed E-state index contributed by atoms with van der Waals surface area (Å²) in [6.45, 7) is 2.85. The van der Waals surface area contributed by atoms with Gasteiger partial charge in [0.15, 0.2) is 6.10 Å². The first-order valence-electron chi connectivity index (χ1n) is 20.8. The molecule has 0 saturated heterocycles. The first kappa shape index (κ1) is 50.2. The van der Waals surface area contributed by atoms with Crippen molar-refractivity contribution in [1.29, 1.82) is 0 Å². The molecule has 0 aliphatic heterocycles. The third kappa shape index (κ3) is 35.3. The molecule has 0 aliphatic carbocycles. The number of unbranched alkanes of at least 4 members (excludes halogenated alkanes) is 23. The van der Waals surface area contributed by atoms with Gasteiger partial charge in [0.05, 0.1) is 6.61 Å². The van der Waals surface area contributed by atoms with Crippen molar-refractivity contribution < 1.29 is 53.2 Å². The summed E-state index contributed by atoms with van der Waals surface area (Å²) >= 11 is 0. The Kier molecular flexibility index (Phi) is 35.0. The highest BCUT2D eigenvalue weighted by atomic mass is 31.2. The van der Waals surface area contributed by atoms with Gasteiger partial charge in [-0.05, 0) is 38.5 Å². The number of hydrogen-bond donors (Lipinski definition) is 2. The number of carbonyl (C=O) groups excluding carboxylic acids is 3. The zero-order valence-electron chi connectivity index (χ0n) is 33.0. The van der Waals surface area contributed by atoms with Crippen molar-refractivity contribution in [2.45, 2.75) is 206 Å². The topological polar surface area (TPSA) is 176 Å². The zero-order valence-corrected chi connectivity index (χ0v) is 33.9. The van der Waals surface area contributed by atoms with Crippen LogP contribution in [0.1, 0.15) is 194 Å². The minimum Gasteiger partial charge on any atom is -0.544 e. The molecule has 11 nitrogen and oxygen atoms in total. The van der Waals surface area contributed by atoms with Gasteiger partial charge in [-0.15, -0.1) is 0 Å². The smallest absolute Gasteiger partial charge is 0.472 e. The summed E-state index contributed by atoms with van der Waals surface area (Å²) in [5.41, 5.74) is 3.26. The van der Waals surface area contributed by atoms with Gasteiger partial charge in [-0.1, -0.05) is 154 Å². The molecular formula is C40H76NO10P. The first-order valence-corrected chi connectivity index (χ1v) is 22.3. The van der Waals surface area contributed by atoms with Crippen LogP contribution in [0.3, 0.4) is 0 Å². The lowest BCUT2D eigenvalue weighted by atomic mass is 10.0. The second kappa shape index (κ2) is 36.2. The second-order valence-electron chi connectivity index (χ2n) is 14.2. The van der Waals surface area contributed by atoms with E-state index in [-0.39, 0.29) is 19.4 Å². The van der Waals surface area contributed by atoms with Crippen LogP contribution < -0.4 is 10.8 Å². The fourth-order valence-corrected chi connectivity index (χ4v) is 6.51. The molecule has 0 aromatic rings. The fourth-order valence-electron chi connectivity index (χ4n) is 5.71. The van der Waals surface area contributed by atoms with E-state index in [1.807, 2.05) is 0 Å². The predicted octanol–water partition coefficient (Wildman–Crippen LogP) is 8.45. The van der Waals surface area contributed by atoms with E-state index in [1.54, 1.807) is 0 Å². The van der Waals surface area contributed by atoms with E-state index >= 15 is 0 Å². The molecule has 0 aromatic carbocycles. The van der Waals surface area contributed by atoms with E-state index in [0.29, 0.717) is 12.8 Å². The summed E-state index contributed by atoms with van der Waals surface area (Å²) in [6, 6.07) is -1.38. The van der Waals surface area contributed by atoms with Gasteiger partial charge in [0.25, 0.3) is 0 Å². The molecule has 3 atom stereocenters. The Morgan fingerprint density at radius 3 is 1.42 bits per heavy atom. The number of allylic oxidation sites excluding steroid dienone is 2. The lowest BCUT2D eigenvalue weighted by molar-refractivity contribution is -0.440. The van der Waals surface area contributed by atoms with E-state index in [9.17, 15) is 28.9 Å². The summed E-state index contributed by atoms with van der Waals surface area (Å²) in [6.07, 6.45) is 34.2. The third-order valence-electron chi connectivity index (χ3n) is 9.05. The van der Waals surface area contributed by atoms with Crippen molar-refractivity contribution in [3.8, 4) is 0 Å². The highest BCUT2D eigenvalue weighted by molar-refractivity contribution is 7.47. The summed E-state index contributed by atoms with van der Waals surface area (Å²) in [4.78, 5) is 45.8. The molecule has 0 saturated carbocycles. The van der Waals surface area contributed by atoms with Crippen molar-refractivity contribution >= 4 is 25.7 Å². The number of rotatable bonds is 39. The molecule has 0 heterocycles. The van der Waals surface area contributed by atoms with Gasteiger partial charge in [-0.2, -0.15) is 0 Å². The second-order valence-corrected chi connectivity index (χ2v) is 15.7. The van der Waals surface area contributed by atoms with E-state index in [1.165, 1.54) is 96.3 Å². The van der Waals surface area contributed by atoms with Crippen molar-refractivity contribution in [3.63, 3.8) is 0 Å². The molecule has 0 rings (SSSR count). The first-order chi connectivity index (χ1) is 25.1. The SMILES string of the molecule is CCCCCCCC/C=C\CCCCCCCC(=O)O[C@H](COC(=O)CCCCCCCCCCCCCCC)COP(=O)(O)OC[C@H]([NH3+])C(=O)[O-]. The van der Waals surface area contributed by atoms with Crippen LogP contribution in [0.15, 0.2) is 12.2 Å². The Morgan fingerprint density at radius 2 is 0.981 bits per heavy atom. The lowest BCUT2D eigenvalue weighted by Gasteiger charge is -2.20. The van der Waals surface area contributed by atoms with Crippen molar-refractivity contribution in [1.82, 2.24) is 0 Å². The molecule has 0 amide bonds. The summed E-state index contributed by atoms with van der Waals surface area (Å²) in [7, 11) is -4.70. The number of carboxylic acids is 1. The maximum Gasteiger partial charge on any atom is 0.472 e. The molecule has 52 heavy (non-hydrogen) atoms. The Bertz CT molecular complexity index is 947. The van der Waals surface area contributed by atoms with Crippen LogP contribution in [0.4, 0.5) is 0 Å². The number of phosphoric ester groups is 1. The van der Waals surface area contributed by atoms with Crippen molar-refractivity contribution in [3.05, 3.63) is 12.2 Å². The van der Waals surface area contributed by atoms with Gasteiger partial charge in [-0.25, -0.2) is 4.57 Å². The summed E-state index contributed by atoms with van der Waals surface area (Å²) in [5, 5.41) is 10.8. The molecular weight excluding hydrogens is 685 g/mol. The highest BCUT2D eigenvalue weighted by Crippen LogP contribution is 2.43. The van der Waals surface area contributed by atoms with Crippen LogP contribution in [0, 0.1) is 0 Å². The highest BCUT2D eigenvalue weighted by Gasteiger charge is 2.27. The monoisotopic (exact) mass is 762 g/mol. The molecule has 306 valence electrons. The Balaban J connectivity index is 4.39. The lowest BCUT2D eigenvalue weighted by Crippen LogP contribution is -2.70. The average molecular weight is 762 g/mol. The van der Waals surface area contributed by atoms with Crippen LogP contribution in [0.25, 0.3) is 0 Å². The minimum atomic E-state index is -4.70. The molecule has 0 fully saturated rings. The van der Waals surface area contributed by atoms with Crippen LogP contribution in [-0.4, -0.2) is 54.8 Å². The van der Waals surface area contributed by atoms with Gasteiger partial charge in [-0.3, -0.25) is 18.6 Å². The predicted molar refractivity (Wildman–Crippen MR) is 204 cm³/mol. The number of aliphatic carboxylic acids is 1. The molecule has 0 spiro atoms. The molecule has 1 unspecified atom stereocenters. The molecule has 4 N–H and O–H groups in total. The van der Waals surface area contributed by atoms with E-state index in [4.69, 9.17) is 14.0 Å². The summed E-state index contributed by atoms with van der Waals surface area (Å²) < 4.78 is 32.7. The van der Waals surface area contributed by atoms with Gasteiger partial charge in [0.2, 0.25) is 0 Å². The van der Waals surface area contributed by atoms with E-state index in [2.05, 4.69) is 36.3 Å². The Morgan fingerprint density at radius 1 is 0.596 bits per heavy atom. The number of quaternary nitrogens is 1. The normalized spacial score (nSPS) is 13.9. The molecule has 12 heteroatoms. The Labute approximate surface area is 316 Å². The van der Waals surface area contributed by atoms with Gasteiger partial charge in [0.1, 0.15) is 25.2 Å². The number of esters is 2. The quantitative estimate of drug-likeness (QED) is 0.0267. The zero-order chi connectivity index (χ0) is 38.5. The third-order valence-corrected chi connectivity index (χ3v) is 10.0. The van der Waals surface area contributed by atoms with Crippen molar-refractivity contribution in [2.24, 2.45) is 0 Å². The van der Waals surface area contributed by atoms with Crippen LogP contribution in [-0.2, 0) is 37.5 Å². The molecule has 0 aromatic heterocycles. The minimum absolute atomic E-state index is 0.156.